The molecule has 3 unspecified atom stereocenters. The zero-order valence-corrected chi connectivity index (χ0v) is 36.8. The van der Waals surface area contributed by atoms with E-state index in [2.05, 4.69) is 56.5 Å². The van der Waals surface area contributed by atoms with Crippen LogP contribution in [0.15, 0.2) is 72.8 Å². The minimum Gasteiger partial charge on any atom is -0.508 e. The molecule has 318 valence electrons. The summed E-state index contributed by atoms with van der Waals surface area (Å²) in [6, 6.07) is 22.3. The fraction of sp³-hybridized carbons (Fsp3) is 0.533. The smallest absolute Gasteiger partial charge is 0.233 e. The number of phenols is 3. The average Bonchev–Trinajstić information content (AvgIpc) is 3.24. The molecule has 12 heteroatoms. The maximum Gasteiger partial charge on any atom is 0.233 e. The van der Waals surface area contributed by atoms with E-state index in [4.69, 9.17) is 29.5 Å². The van der Waals surface area contributed by atoms with Gasteiger partial charge in [-0.15, -0.1) is 0 Å². The molecule has 0 saturated heterocycles. The summed E-state index contributed by atoms with van der Waals surface area (Å²) in [5.74, 6) is 4.53. The first-order valence-electron chi connectivity index (χ1n) is 20.2. The van der Waals surface area contributed by atoms with E-state index in [9.17, 15) is 0 Å². The van der Waals surface area contributed by atoms with Crippen molar-refractivity contribution in [3.63, 3.8) is 0 Å². The van der Waals surface area contributed by atoms with E-state index in [1.54, 1.807) is 57.7 Å². The van der Waals surface area contributed by atoms with Gasteiger partial charge in [0.1, 0.15) is 37.4 Å². The van der Waals surface area contributed by atoms with E-state index < -0.39 is 0 Å². The highest BCUT2D eigenvalue weighted by Crippen LogP contribution is 2.23. The molecule has 3 N–H and O–H groups in total. The van der Waals surface area contributed by atoms with Crippen molar-refractivity contribution < 1.29 is 29.5 Å². The number of anilines is 3. The number of phenolic OH excluding ortho intramolecular Hbond substituents is 3. The molecular weight excluding hydrogens is 721 g/mol. The standard InChI is InChI=1S/C15H30N6O3.3C10H14O/c1-7-19(10-22-4)13-16-14(20(8-2)11-23-5)18-15(17-13)21(9-3)12-24-6;3*1-3-8(2)9-4-6-10(11)7-5-9/h7-12H2,1-6H3;3*4-8,11H,3H2,1-2H3. The summed E-state index contributed by atoms with van der Waals surface area (Å²) in [5, 5.41) is 27.0. The van der Waals surface area contributed by atoms with Gasteiger partial charge < -0.3 is 44.2 Å². The van der Waals surface area contributed by atoms with Crippen LogP contribution in [-0.4, -0.2) is 91.4 Å². The third-order valence-electron chi connectivity index (χ3n) is 9.67. The Hall–Kier alpha value is -4.65. The van der Waals surface area contributed by atoms with E-state index in [0.29, 0.717) is 73.0 Å². The molecule has 4 rings (SSSR count). The Morgan fingerprint density at radius 3 is 0.789 bits per heavy atom. The molecule has 0 fully saturated rings. The highest BCUT2D eigenvalue weighted by Gasteiger charge is 2.19. The number of hydrogen-bond donors (Lipinski definition) is 3. The molecule has 0 aliphatic rings. The van der Waals surface area contributed by atoms with Crippen LogP contribution in [0, 0.1) is 0 Å². The van der Waals surface area contributed by atoms with Crippen LogP contribution in [0.4, 0.5) is 17.8 Å². The maximum absolute atomic E-state index is 9.01. The second-order valence-corrected chi connectivity index (χ2v) is 13.8. The van der Waals surface area contributed by atoms with Gasteiger partial charge in [0.15, 0.2) is 0 Å². The molecule has 1 heterocycles. The quantitative estimate of drug-likeness (QED) is 0.0828. The zero-order valence-electron chi connectivity index (χ0n) is 36.8. The van der Waals surface area contributed by atoms with Crippen LogP contribution < -0.4 is 14.7 Å². The Kier molecular flexibility index (Phi) is 25.4. The van der Waals surface area contributed by atoms with E-state index in [0.717, 1.165) is 38.9 Å². The summed E-state index contributed by atoms with van der Waals surface area (Å²) in [6.45, 7) is 22.5. The van der Waals surface area contributed by atoms with Crippen LogP contribution in [0.1, 0.15) is 116 Å². The van der Waals surface area contributed by atoms with Gasteiger partial charge in [0.25, 0.3) is 0 Å². The van der Waals surface area contributed by atoms with Gasteiger partial charge in [-0.05, 0) is 111 Å². The molecule has 12 nitrogen and oxygen atoms in total. The van der Waals surface area contributed by atoms with Gasteiger partial charge in [-0.3, -0.25) is 0 Å². The van der Waals surface area contributed by atoms with Crippen LogP contribution in [0.2, 0.25) is 0 Å². The minimum absolute atomic E-state index is 0.344. The Morgan fingerprint density at radius 1 is 0.421 bits per heavy atom. The fourth-order valence-electron chi connectivity index (χ4n) is 5.22. The largest absolute Gasteiger partial charge is 0.508 e. The van der Waals surface area contributed by atoms with Crippen molar-refractivity contribution in [3.05, 3.63) is 89.5 Å². The molecule has 0 aliphatic heterocycles. The number of rotatable bonds is 18. The summed E-state index contributed by atoms with van der Waals surface area (Å²) >= 11 is 0. The molecule has 0 spiro atoms. The lowest BCUT2D eigenvalue weighted by Gasteiger charge is -2.26. The molecule has 3 atom stereocenters. The van der Waals surface area contributed by atoms with Crippen LogP contribution in [0.3, 0.4) is 0 Å². The van der Waals surface area contributed by atoms with E-state index in [1.807, 2.05) is 71.9 Å². The molecule has 3 aromatic carbocycles. The van der Waals surface area contributed by atoms with Gasteiger partial charge in [0.2, 0.25) is 17.8 Å². The van der Waals surface area contributed by atoms with Crippen LogP contribution in [0.5, 0.6) is 17.2 Å². The third-order valence-corrected chi connectivity index (χ3v) is 9.67. The number of hydrogen-bond acceptors (Lipinski definition) is 12. The van der Waals surface area contributed by atoms with E-state index in [-0.39, 0.29) is 0 Å². The maximum atomic E-state index is 9.01. The molecule has 0 amide bonds. The van der Waals surface area contributed by atoms with Crippen molar-refractivity contribution >= 4 is 17.8 Å². The normalized spacial score (nSPS) is 12.0. The van der Waals surface area contributed by atoms with Crippen molar-refractivity contribution in [2.24, 2.45) is 0 Å². The Labute approximate surface area is 343 Å². The van der Waals surface area contributed by atoms with Crippen LogP contribution in [0.25, 0.3) is 0 Å². The topological polar surface area (TPSA) is 137 Å². The lowest BCUT2D eigenvalue weighted by molar-refractivity contribution is 0.193. The van der Waals surface area contributed by atoms with E-state index in [1.165, 1.54) is 16.7 Å². The van der Waals surface area contributed by atoms with Crippen LogP contribution in [-0.2, 0) is 14.2 Å². The minimum atomic E-state index is 0.344. The fourth-order valence-corrected chi connectivity index (χ4v) is 5.22. The first-order chi connectivity index (χ1) is 27.4. The molecule has 0 radical (unpaired) electrons. The lowest BCUT2D eigenvalue weighted by atomic mass is 9.99. The molecule has 1 aromatic heterocycles. The molecule has 0 bridgehead atoms. The summed E-state index contributed by atoms with van der Waals surface area (Å²) in [7, 11) is 4.95. The van der Waals surface area contributed by atoms with Gasteiger partial charge in [-0.25, -0.2) is 0 Å². The van der Waals surface area contributed by atoms with Gasteiger partial charge in [0.05, 0.1) is 0 Å². The molecule has 0 saturated carbocycles. The highest BCUT2D eigenvalue weighted by molar-refractivity contribution is 5.46. The van der Waals surface area contributed by atoms with Gasteiger partial charge in [-0.2, -0.15) is 15.0 Å². The summed E-state index contributed by atoms with van der Waals surface area (Å²) in [5.41, 5.74) is 3.89. The van der Waals surface area contributed by atoms with Gasteiger partial charge >= 0.3 is 0 Å². The predicted molar refractivity (Wildman–Crippen MR) is 235 cm³/mol. The number of ether oxygens (including phenoxy) is 3. The number of nitrogens with zero attached hydrogens (tertiary/aromatic N) is 6. The average molecular weight is 793 g/mol. The number of benzene rings is 3. The monoisotopic (exact) mass is 793 g/mol. The third kappa shape index (κ3) is 18.4. The molecule has 4 aromatic rings. The summed E-state index contributed by atoms with van der Waals surface area (Å²) < 4.78 is 15.7. The highest BCUT2D eigenvalue weighted by atomic mass is 16.5. The molecular formula is C45H72N6O6. The predicted octanol–water partition coefficient (Wildman–Crippen LogP) is 9.88. The van der Waals surface area contributed by atoms with Gasteiger partial charge in [-0.1, -0.05) is 77.9 Å². The lowest BCUT2D eigenvalue weighted by Crippen LogP contribution is -2.34. The Bertz CT molecular complexity index is 1390. The number of methoxy groups -OCH3 is 3. The van der Waals surface area contributed by atoms with Crippen molar-refractivity contribution in [1.82, 2.24) is 15.0 Å². The Balaban J connectivity index is 0.000000412. The van der Waals surface area contributed by atoms with Gasteiger partial charge in [0, 0.05) is 41.0 Å². The second-order valence-electron chi connectivity index (χ2n) is 13.8. The molecule has 57 heavy (non-hydrogen) atoms. The first kappa shape index (κ1) is 50.4. The van der Waals surface area contributed by atoms with Crippen molar-refractivity contribution in [2.45, 2.75) is 99.3 Å². The first-order valence-corrected chi connectivity index (χ1v) is 20.2. The summed E-state index contributed by atoms with van der Waals surface area (Å²) in [4.78, 5) is 19.6. The number of aromatic hydroxyl groups is 3. The van der Waals surface area contributed by atoms with E-state index >= 15 is 0 Å². The summed E-state index contributed by atoms with van der Waals surface area (Å²) in [6.07, 6.45) is 3.43. The second kappa shape index (κ2) is 28.7. The van der Waals surface area contributed by atoms with Crippen molar-refractivity contribution in [3.8, 4) is 17.2 Å². The SMILES string of the molecule is CCC(C)c1ccc(O)cc1.CCC(C)c1ccc(O)cc1.CCC(C)c1ccc(O)cc1.CCN(COC)c1nc(N(CC)COC)nc(N(CC)COC)n1. The Morgan fingerprint density at radius 2 is 0.632 bits per heavy atom. The zero-order chi connectivity index (χ0) is 42.8. The van der Waals surface area contributed by atoms with Crippen molar-refractivity contribution in [2.75, 3.05) is 75.9 Å². The number of aromatic nitrogens is 3. The molecule has 0 aliphatic carbocycles. The van der Waals surface area contributed by atoms with Crippen LogP contribution >= 0.6 is 0 Å². The van der Waals surface area contributed by atoms with Crippen molar-refractivity contribution in [1.29, 1.82) is 0 Å².